The highest BCUT2D eigenvalue weighted by molar-refractivity contribution is 9.10. The SMILES string of the molecule is COc1cc(C#N)c(Oc2c(Cl)cc(Br)cc2Cl)cc1S(=O)(=O)Cl. The second kappa shape index (κ2) is 7.38. The van der Waals surface area contributed by atoms with E-state index in [9.17, 15) is 13.7 Å². The molecule has 126 valence electrons. The fourth-order valence-electron chi connectivity index (χ4n) is 1.80. The van der Waals surface area contributed by atoms with Gasteiger partial charge in [-0.05, 0) is 12.1 Å². The largest absolute Gasteiger partial charge is 0.495 e. The molecule has 0 aliphatic carbocycles. The predicted molar refractivity (Wildman–Crippen MR) is 95.0 cm³/mol. The highest BCUT2D eigenvalue weighted by Crippen LogP contribution is 2.41. The molecule has 0 saturated carbocycles. The first-order valence-corrected chi connectivity index (χ1v) is 9.92. The Labute approximate surface area is 161 Å². The van der Waals surface area contributed by atoms with Crippen LogP contribution in [0.1, 0.15) is 5.56 Å². The van der Waals surface area contributed by atoms with Crippen molar-refractivity contribution in [3.8, 4) is 23.3 Å². The number of nitriles is 1. The summed E-state index contributed by atoms with van der Waals surface area (Å²) in [6.45, 7) is 0. The van der Waals surface area contributed by atoms with Gasteiger partial charge in [0.2, 0.25) is 0 Å². The van der Waals surface area contributed by atoms with Crippen LogP contribution >= 0.6 is 49.8 Å². The van der Waals surface area contributed by atoms with E-state index in [1.165, 1.54) is 25.3 Å². The molecular weight excluding hydrogens is 464 g/mol. The van der Waals surface area contributed by atoms with Gasteiger partial charge in [-0.15, -0.1) is 0 Å². The van der Waals surface area contributed by atoms with Gasteiger partial charge in [0, 0.05) is 27.3 Å². The fourth-order valence-corrected chi connectivity index (χ4v) is 4.08. The lowest BCUT2D eigenvalue weighted by molar-refractivity contribution is 0.400. The van der Waals surface area contributed by atoms with Gasteiger partial charge in [0.1, 0.15) is 22.5 Å². The molecule has 0 unspecified atom stereocenters. The molecule has 0 saturated heterocycles. The van der Waals surface area contributed by atoms with Crippen molar-refractivity contribution in [3.05, 3.63) is 44.3 Å². The molecule has 0 radical (unpaired) electrons. The van der Waals surface area contributed by atoms with Gasteiger partial charge in [-0.25, -0.2) is 8.42 Å². The number of ether oxygens (including phenoxy) is 2. The highest BCUT2D eigenvalue weighted by atomic mass is 79.9. The molecule has 2 aromatic rings. The first-order valence-electron chi connectivity index (χ1n) is 6.06. The standard InChI is InChI=1S/C14H7BrCl3NO4S/c1-22-12-2-7(6-19)11(5-13(12)24(18,20)21)23-14-9(16)3-8(15)4-10(14)17/h2-5H,1H3. The van der Waals surface area contributed by atoms with Crippen LogP contribution in [0.15, 0.2) is 33.6 Å². The summed E-state index contributed by atoms with van der Waals surface area (Å²) in [4.78, 5) is -0.343. The molecule has 0 aromatic heterocycles. The summed E-state index contributed by atoms with van der Waals surface area (Å²) in [6, 6.07) is 7.24. The van der Waals surface area contributed by atoms with E-state index >= 15 is 0 Å². The van der Waals surface area contributed by atoms with Crippen molar-refractivity contribution in [3.63, 3.8) is 0 Å². The zero-order valence-corrected chi connectivity index (χ0v) is 16.5. The van der Waals surface area contributed by atoms with Crippen LogP contribution in [0.4, 0.5) is 0 Å². The zero-order valence-electron chi connectivity index (χ0n) is 11.8. The minimum absolute atomic E-state index is 0.0194. The van der Waals surface area contributed by atoms with Gasteiger partial charge in [0.25, 0.3) is 9.05 Å². The number of methoxy groups -OCH3 is 1. The Kier molecular flexibility index (Phi) is 5.89. The smallest absolute Gasteiger partial charge is 0.265 e. The van der Waals surface area contributed by atoms with E-state index in [1.807, 2.05) is 6.07 Å². The van der Waals surface area contributed by atoms with Crippen molar-refractivity contribution >= 4 is 58.9 Å². The van der Waals surface area contributed by atoms with Gasteiger partial charge < -0.3 is 9.47 Å². The maximum absolute atomic E-state index is 11.7. The quantitative estimate of drug-likeness (QED) is 0.562. The third-order valence-corrected chi connectivity index (χ3v) is 5.19. The van der Waals surface area contributed by atoms with Gasteiger partial charge in [0.05, 0.1) is 22.7 Å². The van der Waals surface area contributed by atoms with Gasteiger partial charge >= 0.3 is 0 Å². The summed E-state index contributed by atoms with van der Waals surface area (Å²) in [5.74, 6) is -0.0910. The summed E-state index contributed by atoms with van der Waals surface area (Å²) in [5.41, 5.74) is 0.0194. The van der Waals surface area contributed by atoms with Crippen molar-refractivity contribution in [2.24, 2.45) is 0 Å². The van der Waals surface area contributed by atoms with Crippen LogP contribution < -0.4 is 9.47 Å². The second-order valence-corrected chi connectivity index (χ2v) is 8.61. The lowest BCUT2D eigenvalue weighted by Gasteiger charge is -2.14. The number of halogens is 4. The third kappa shape index (κ3) is 4.08. The summed E-state index contributed by atoms with van der Waals surface area (Å²) in [6.07, 6.45) is 0. The number of nitrogens with zero attached hydrogens (tertiary/aromatic N) is 1. The normalized spacial score (nSPS) is 11.0. The molecule has 0 fully saturated rings. The maximum Gasteiger partial charge on any atom is 0.265 e. The van der Waals surface area contributed by atoms with Crippen LogP contribution in [0.2, 0.25) is 10.0 Å². The van der Waals surface area contributed by atoms with E-state index in [-0.39, 0.29) is 37.8 Å². The van der Waals surface area contributed by atoms with E-state index in [4.69, 9.17) is 43.4 Å². The van der Waals surface area contributed by atoms with Crippen LogP contribution in [-0.2, 0) is 9.05 Å². The summed E-state index contributed by atoms with van der Waals surface area (Å²) < 4.78 is 34.5. The van der Waals surface area contributed by atoms with Gasteiger partial charge in [-0.1, -0.05) is 39.1 Å². The lowest BCUT2D eigenvalue weighted by atomic mass is 10.2. The minimum Gasteiger partial charge on any atom is -0.495 e. The molecule has 0 spiro atoms. The topological polar surface area (TPSA) is 76.4 Å². The number of benzene rings is 2. The fraction of sp³-hybridized carbons (Fsp3) is 0.0714. The highest BCUT2D eigenvalue weighted by Gasteiger charge is 2.22. The molecule has 5 nitrogen and oxygen atoms in total. The summed E-state index contributed by atoms with van der Waals surface area (Å²) in [7, 11) is 2.52. The Morgan fingerprint density at radius 3 is 2.17 bits per heavy atom. The Hall–Kier alpha value is -1.17. The predicted octanol–water partition coefficient (Wildman–Crippen LogP) is 5.36. The second-order valence-electron chi connectivity index (χ2n) is 4.35. The van der Waals surface area contributed by atoms with Crippen LogP contribution in [0, 0.1) is 11.3 Å². The lowest BCUT2D eigenvalue weighted by Crippen LogP contribution is -1.99. The molecular formula is C14H7BrCl3NO4S. The Bertz CT molecular complexity index is 934. The number of hydrogen-bond acceptors (Lipinski definition) is 5. The molecule has 0 N–H and O–H groups in total. The van der Waals surface area contributed by atoms with Crippen LogP contribution in [0.25, 0.3) is 0 Å². The molecule has 0 aliphatic heterocycles. The van der Waals surface area contributed by atoms with Gasteiger partial charge in [-0.2, -0.15) is 5.26 Å². The van der Waals surface area contributed by atoms with Crippen molar-refractivity contribution in [1.29, 1.82) is 5.26 Å². The number of rotatable bonds is 4. The molecule has 2 rings (SSSR count). The van der Waals surface area contributed by atoms with E-state index in [0.29, 0.717) is 4.47 Å². The average molecular weight is 472 g/mol. The third-order valence-electron chi connectivity index (χ3n) is 2.82. The monoisotopic (exact) mass is 469 g/mol. The van der Waals surface area contributed by atoms with Crippen molar-refractivity contribution in [2.45, 2.75) is 4.90 Å². The number of hydrogen-bond donors (Lipinski definition) is 0. The molecule has 0 aliphatic rings. The zero-order chi connectivity index (χ0) is 18.1. The first kappa shape index (κ1) is 19.2. The van der Waals surface area contributed by atoms with E-state index < -0.39 is 9.05 Å². The molecule has 0 atom stereocenters. The molecule has 10 heteroatoms. The molecule has 0 bridgehead atoms. The minimum atomic E-state index is -4.13. The first-order chi connectivity index (χ1) is 11.2. The van der Waals surface area contributed by atoms with Crippen LogP contribution in [0.3, 0.4) is 0 Å². The van der Waals surface area contributed by atoms with Crippen LogP contribution in [0.5, 0.6) is 17.2 Å². The average Bonchev–Trinajstić information content (AvgIpc) is 2.49. The van der Waals surface area contributed by atoms with E-state index in [0.717, 1.165) is 6.07 Å². The van der Waals surface area contributed by atoms with Crippen LogP contribution in [-0.4, -0.2) is 15.5 Å². The summed E-state index contributed by atoms with van der Waals surface area (Å²) in [5, 5.41) is 9.59. The Balaban J connectivity index is 2.65. The molecule has 0 heterocycles. The van der Waals surface area contributed by atoms with Gasteiger partial charge in [-0.3, -0.25) is 0 Å². The molecule has 2 aromatic carbocycles. The van der Waals surface area contributed by atoms with Crippen molar-refractivity contribution in [1.82, 2.24) is 0 Å². The Morgan fingerprint density at radius 1 is 1.12 bits per heavy atom. The maximum atomic E-state index is 11.7. The van der Waals surface area contributed by atoms with Gasteiger partial charge in [0.15, 0.2) is 5.75 Å². The van der Waals surface area contributed by atoms with E-state index in [1.54, 1.807) is 0 Å². The summed E-state index contributed by atoms with van der Waals surface area (Å²) >= 11 is 15.4. The van der Waals surface area contributed by atoms with Crippen molar-refractivity contribution in [2.75, 3.05) is 7.11 Å². The Morgan fingerprint density at radius 2 is 1.71 bits per heavy atom. The van der Waals surface area contributed by atoms with Crippen molar-refractivity contribution < 1.29 is 17.9 Å². The van der Waals surface area contributed by atoms with E-state index in [2.05, 4.69) is 15.9 Å². The molecule has 24 heavy (non-hydrogen) atoms. The molecule has 0 amide bonds.